The van der Waals surface area contributed by atoms with Crippen molar-refractivity contribution in [3.8, 4) is 0 Å². The van der Waals surface area contributed by atoms with E-state index in [2.05, 4.69) is 22.9 Å². The number of nitrogens with zero attached hydrogens (tertiary/aromatic N) is 2. The second kappa shape index (κ2) is 4.06. The first kappa shape index (κ1) is 10.2. The van der Waals surface area contributed by atoms with Gasteiger partial charge in [-0.25, -0.2) is 4.98 Å². The Balaban J connectivity index is 2.20. The molecular weight excluding hydrogens is 190 g/mol. The summed E-state index contributed by atoms with van der Waals surface area (Å²) in [6.07, 6.45) is 0.266. The van der Waals surface area contributed by atoms with E-state index in [0.717, 1.165) is 31.1 Å². The van der Waals surface area contributed by atoms with Crippen molar-refractivity contribution in [3.05, 3.63) is 17.7 Å². The number of ether oxygens (including phenoxy) is 1. The van der Waals surface area contributed by atoms with Crippen molar-refractivity contribution in [1.82, 2.24) is 4.98 Å². The lowest BCUT2D eigenvalue weighted by Crippen LogP contribution is -2.41. The predicted molar refractivity (Wildman–Crippen MR) is 61.0 cm³/mol. The first-order chi connectivity index (χ1) is 7.15. The minimum Gasteiger partial charge on any atom is -0.384 e. The molecule has 0 saturated carbocycles. The van der Waals surface area contributed by atoms with E-state index in [1.807, 2.05) is 13.0 Å². The Morgan fingerprint density at radius 3 is 3.00 bits per heavy atom. The second-order valence-electron chi connectivity index (χ2n) is 4.05. The summed E-state index contributed by atoms with van der Waals surface area (Å²) in [5.74, 6) is 1.55. The van der Waals surface area contributed by atoms with E-state index in [0.29, 0.717) is 5.82 Å². The van der Waals surface area contributed by atoms with E-state index < -0.39 is 0 Å². The molecule has 2 N–H and O–H groups in total. The maximum Gasteiger partial charge on any atom is 0.131 e. The molecule has 15 heavy (non-hydrogen) atoms. The number of aromatic nitrogens is 1. The van der Waals surface area contributed by atoms with Crippen molar-refractivity contribution in [1.29, 1.82) is 0 Å². The minimum absolute atomic E-state index is 0.266. The van der Waals surface area contributed by atoms with Gasteiger partial charge in [-0.3, -0.25) is 0 Å². The van der Waals surface area contributed by atoms with E-state index >= 15 is 0 Å². The molecule has 0 spiro atoms. The standard InChI is InChI=1S/C11H17N3O/c1-8-5-10(12)13-11(6-8)14-3-4-15-9(2)7-14/h5-6,9H,3-4,7H2,1-2H3,(H2,12,13)/t9-/m1/s1. The van der Waals surface area contributed by atoms with Crippen LogP contribution in [0.4, 0.5) is 11.6 Å². The highest BCUT2D eigenvalue weighted by molar-refractivity contribution is 5.48. The van der Waals surface area contributed by atoms with Gasteiger partial charge in [-0.1, -0.05) is 0 Å². The molecule has 82 valence electrons. The van der Waals surface area contributed by atoms with Crippen molar-refractivity contribution >= 4 is 11.6 Å². The van der Waals surface area contributed by atoms with Crippen LogP contribution in [0.25, 0.3) is 0 Å². The topological polar surface area (TPSA) is 51.4 Å². The number of hydrogen-bond donors (Lipinski definition) is 1. The molecule has 1 fully saturated rings. The molecule has 2 heterocycles. The fourth-order valence-electron chi connectivity index (χ4n) is 1.86. The van der Waals surface area contributed by atoms with Crippen LogP contribution in [0.3, 0.4) is 0 Å². The third-order valence-electron chi connectivity index (χ3n) is 2.54. The number of nitrogen functional groups attached to an aromatic ring is 1. The summed E-state index contributed by atoms with van der Waals surface area (Å²) < 4.78 is 5.49. The molecule has 1 aromatic heterocycles. The van der Waals surface area contributed by atoms with Gasteiger partial charge in [0.1, 0.15) is 11.6 Å². The summed E-state index contributed by atoms with van der Waals surface area (Å²) in [5.41, 5.74) is 6.88. The average Bonchev–Trinajstić information content (AvgIpc) is 2.16. The molecule has 0 radical (unpaired) electrons. The average molecular weight is 207 g/mol. The van der Waals surface area contributed by atoms with Crippen molar-refractivity contribution < 1.29 is 4.74 Å². The Morgan fingerprint density at radius 2 is 2.33 bits per heavy atom. The Bertz CT molecular complexity index is 333. The zero-order valence-electron chi connectivity index (χ0n) is 9.23. The molecular formula is C11H17N3O. The second-order valence-corrected chi connectivity index (χ2v) is 4.05. The fraction of sp³-hybridized carbons (Fsp3) is 0.545. The summed E-state index contributed by atoms with van der Waals surface area (Å²) in [4.78, 5) is 6.56. The molecule has 1 saturated heterocycles. The molecule has 0 aliphatic carbocycles. The highest BCUT2D eigenvalue weighted by Crippen LogP contribution is 2.18. The smallest absolute Gasteiger partial charge is 0.131 e. The summed E-state index contributed by atoms with van der Waals surface area (Å²) in [7, 11) is 0. The van der Waals surface area contributed by atoms with Crippen LogP contribution in [0, 0.1) is 6.92 Å². The molecule has 4 heteroatoms. The number of rotatable bonds is 1. The highest BCUT2D eigenvalue weighted by Gasteiger charge is 2.18. The van der Waals surface area contributed by atoms with E-state index in [9.17, 15) is 0 Å². The van der Waals surface area contributed by atoms with Crippen molar-refractivity contribution in [2.75, 3.05) is 30.3 Å². The van der Waals surface area contributed by atoms with Crippen LogP contribution in [0.15, 0.2) is 12.1 Å². The van der Waals surface area contributed by atoms with Crippen LogP contribution < -0.4 is 10.6 Å². The lowest BCUT2D eigenvalue weighted by Gasteiger charge is -2.32. The summed E-state index contributed by atoms with van der Waals surface area (Å²) in [6, 6.07) is 3.95. The van der Waals surface area contributed by atoms with Crippen molar-refractivity contribution in [2.24, 2.45) is 0 Å². The first-order valence-electron chi connectivity index (χ1n) is 5.26. The van der Waals surface area contributed by atoms with Gasteiger partial charge in [0.2, 0.25) is 0 Å². The zero-order valence-corrected chi connectivity index (χ0v) is 9.23. The molecule has 0 unspecified atom stereocenters. The van der Waals surface area contributed by atoms with Crippen LogP contribution >= 0.6 is 0 Å². The molecule has 1 aliphatic rings. The van der Waals surface area contributed by atoms with Gasteiger partial charge in [0.05, 0.1) is 12.7 Å². The Kier molecular flexibility index (Phi) is 2.77. The number of nitrogens with two attached hydrogens (primary N) is 1. The SMILES string of the molecule is Cc1cc(N)nc(N2CCO[C@H](C)C2)c1. The molecule has 4 nitrogen and oxygen atoms in total. The largest absolute Gasteiger partial charge is 0.384 e. The Hall–Kier alpha value is -1.29. The first-order valence-corrected chi connectivity index (χ1v) is 5.26. The van der Waals surface area contributed by atoms with Gasteiger partial charge in [-0.05, 0) is 31.5 Å². The number of aryl methyl sites for hydroxylation is 1. The minimum atomic E-state index is 0.266. The number of morpholine rings is 1. The predicted octanol–water partition coefficient (Wildman–Crippen LogP) is 1.20. The maximum atomic E-state index is 5.73. The molecule has 1 aromatic rings. The molecule has 0 bridgehead atoms. The van der Waals surface area contributed by atoms with Crippen LogP contribution in [0.2, 0.25) is 0 Å². The third-order valence-corrected chi connectivity index (χ3v) is 2.54. The van der Waals surface area contributed by atoms with Crippen LogP contribution in [0.1, 0.15) is 12.5 Å². The maximum absolute atomic E-state index is 5.73. The van der Waals surface area contributed by atoms with E-state index in [1.165, 1.54) is 0 Å². The quantitative estimate of drug-likeness (QED) is 0.751. The summed E-state index contributed by atoms with van der Waals surface area (Å²) in [6.45, 7) is 6.64. The number of anilines is 2. The lowest BCUT2D eigenvalue weighted by molar-refractivity contribution is 0.0529. The zero-order chi connectivity index (χ0) is 10.8. The lowest BCUT2D eigenvalue weighted by atomic mass is 10.2. The van der Waals surface area contributed by atoms with Gasteiger partial charge in [0.15, 0.2) is 0 Å². The molecule has 0 aromatic carbocycles. The summed E-state index contributed by atoms with van der Waals surface area (Å²) in [5, 5.41) is 0. The third kappa shape index (κ3) is 2.39. The normalized spacial score (nSPS) is 21.7. The van der Waals surface area contributed by atoms with E-state index in [4.69, 9.17) is 10.5 Å². The van der Waals surface area contributed by atoms with Gasteiger partial charge >= 0.3 is 0 Å². The van der Waals surface area contributed by atoms with E-state index in [-0.39, 0.29) is 6.10 Å². The summed E-state index contributed by atoms with van der Waals surface area (Å²) >= 11 is 0. The molecule has 1 atom stereocenters. The van der Waals surface area contributed by atoms with Gasteiger partial charge in [0.25, 0.3) is 0 Å². The van der Waals surface area contributed by atoms with Crippen molar-refractivity contribution in [3.63, 3.8) is 0 Å². The number of pyridine rings is 1. The Labute approximate surface area is 90.0 Å². The Morgan fingerprint density at radius 1 is 1.53 bits per heavy atom. The highest BCUT2D eigenvalue weighted by atomic mass is 16.5. The molecule has 1 aliphatic heterocycles. The van der Waals surface area contributed by atoms with Crippen molar-refractivity contribution in [2.45, 2.75) is 20.0 Å². The van der Waals surface area contributed by atoms with Gasteiger partial charge in [0, 0.05) is 13.1 Å². The van der Waals surface area contributed by atoms with Crippen LogP contribution in [0.5, 0.6) is 0 Å². The molecule has 0 amide bonds. The van der Waals surface area contributed by atoms with E-state index in [1.54, 1.807) is 0 Å². The van der Waals surface area contributed by atoms with Gasteiger partial charge in [-0.15, -0.1) is 0 Å². The molecule has 2 rings (SSSR count). The fourth-order valence-corrected chi connectivity index (χ4v) is 1.86. The van der Waals surface area contributed by atoms with Gasteiger partial charge in [-0.2, -0.15) is 0 Å². The van der Waals surface area contributed by atoms with Crippen LogP contribution in [-0.2, 0) is 4.74 Å². The van der Waals surface area contributed by atoms with Crippen LogP contribution in [-0.4, -0.2) is 30.8 Å². The number of hydrogen-bond acceptors (Lipinski definition) is 4. The van der Waals surface area contributed by atoms with Gasteiger partial charge < -0.3 is 15.4 Å². The monoisotopic (exact) mass is 207 g/mol.